The van der Waals surface area contributed by atoms with Crippen molar-refractivity contribution >= 4 is 23.0 Å². The Labute approximate surface area is 110 Å². The molecular formula is C14H13FN2O2. The first kappa shape index (κ1) is 12.9. The largest absolute Gasteiger partial charge is 0.465 e. The van der Waals surface area contributed by atoms with E-state index in [9.17, 15) is 9.18 Å². The van der Waals surface area contributed by atoms with Crippen molar-refractivity contribution in [1.29, 1.82) is 0 Å². The zero-order chi connectivity index (χ0) is 13.8. The highest BCUT2D eigenvalue weighted by atomic mass is 19.1. The van der Waals surface area contributed by atoms with Gasteiger partial charge in [0.1, 0.15) is 5.82 Å². The Hall–Kier alpha value is -2.56. The minimum atomic E-state index is -0.455. The molecule has 0 saturated carbocycles. The van der Waals surface area contributed by atoms with Gasteiger partial charge in [-0.15, -0.1) is 0 Å². The molecular weight excluding hydrogens is 247 g/mol. The van der Waals surface area contributed by atoms with Gasteiger partial charge in [0.05, 0.1) is 24.0 Å². The van der Waals surface area contributed by atoms with Gasteiger partial charge >= 0.3 is 5.97 Å². The molecule has 0 aliphatic heterocycles. The first-order valence-corrected chi connectivity index (χ1v) is 5.61. The number of nitrogens with two attached hydrogens (primary N) is 1. The normalized spacial score (nSPS) is 10.0. The van der Waals surface area contributed by atoms with Crippen LogP contribution in [-0.4, -0.2) is 13.1 Å². The fraction of sp³-hybridized carbons (Fsp3) is 0.0714. The molecule has 5 heteroatoms. The number of benzene rings is 2. The molecule has 0 unspecified atom stereocenters. The van der Waals surface area contributed by atoms with Gasteiger partial charge in [0.25, 0.3) is 0 Å². The smallest absolute Gasteiger partial charge is 0.337 e. The molecule has 3 N–H and O–H groups in total. The van der Waals surface area contributed by atoms with Gasteiger partial charge in [0.2, 0.25) is 0 Å². The maximum absolute atomic E-state index is 13.6. The van der Waals surface area contributed by atoms with Crippen LogP contribution in [0.15, 0.2) is 42.5 Å². The molecule has 0 saturated heterocycles. The van der Waals surface area contributed by atoms with Crippen LogP contribution in [-0.2, 0) is 4.74 Å². The fourth-order valence-electron chi connectivity index (χ4n) is 1.66. The summed E-state index contributed by atoms with van der Waals surface area (Å²) in [5.74, 6) is -0.909. The van der Waals surface area contributed by atoms with E-state index in [2.05, 4.69) is 10.1 Å². The Morgan fingerprint density at radius 2 is 2.00 bits per heavy atom. The molecule has 0 atom stereocenters. The average Bonchev–Trinajstić information content (AvgIpc) is 2.42. The summed E-state index contributed by atoms with van der Waals surface area (Å²) in [5, 5.41) is 2.85. The number of hydrogen-bond donors (Lipinski definition) is 2. The Balaban J connectivity index is 2.31. The maximum atomic E-state index is 13.6. The molecule has 0 aromatic heterocycles. The van der Waals surface area contributed by atoms with Gasteiger partial charge < -0.3 is 15.8 Å². The summed E-state index contributed by atoms with van der Waals surface area (Å²) in [6, 6.07) is 11.0. The number of carbonyl (C=O) groups is 1. The number of esters is 1. The van der Waals surface area contributed by atoms with Gasteiger partial charge in [-0.25, -0.2) is 9.18 Å². The number of rotatable bonds is 3. The first-order valence-electron chi connectivity index (χ1n) is 5.61. The monoisotopic (exact) mass is 260 g/mol. The van der Waals surface area contributed by atoms with Crippen LogP contribution in [0.3, 0.4) is 0 Å². The van der Waals surface area contributed by atoms with Crippen LogP contribution in [0, 0.1) is 5.82 Å². The molecule has 0 radical (unpaired) electrons. The topological polar surface area (TPSA) is 64.3 Å². The molecule has 4 nitrogen and oxygen atoms in total. The quantitative estimate of drug-likeness (QED) is 0.658. The number of nitrogens with one attached hydrogen (secondary N) is 1. The second kappa shape index (κ2) is 5.39. The van der Waals surface area contributed by atoms with E-state index in [-0.39, 0.29) is 5.69 Å². The van der Waals surface area contributed by atoms with E-state index in [0.717, 1.165) is 0 Å². The number of anilines is 3. The molecule has 2 rings (SSSR count). The summed E-state index contributed by atoms with van der Waals surface area (Å²) in [5.41, 5.74) is 7.11. The highest BCUT2D eigenvalue weighted by molar-refractivity contribution is 5.90. The third-order valence-electron chi connectivity index (χ3n) is 2.60. The highest BCUT2D eigenvalue weighted by Gasteiger charge is 2.09. The average molecular weight is 260 g/mol. The van der Waals surface area contributed by atoms with Crippen molar-refractivity contribution in [2.75, 3.05) is 18.2 Å². The second-order valence-corrected chi connectivity index (χ2v) is 3.90. The van der Waals surface area contributed by atoms with Gasteiger partial charge in [0.15, 0.2) is 0 Å². The minimum Gasteiger partial charge on any atom is -0.465 e. The molecule has 2 aromatic carbocycles. The predicted octanol–water partition coefficient (Wildman–Crippen LogP) is 2.94. The van der Waals surface area contributed by atoms with Gasteiger partial charge in [-0.2, -0.15) is 0 Å². The van der Waals surface area contributed by atoms with E-state index in [1.54, 1.807) is 30.3 Å². The molecule has 0 spiro atoms. The molecule has 0 amide bonds. The summed E-state index contributed by atoms with van der Waals surface area (Å²) < 4.78 is 18.3. The molecule has 0 aliphatic rings. The zero-order valence-corrected chi connectivity index (χ0v) is 10.3. The Kier molecular flexibility index (Phi) is 3.66. The van der Waals surface area contributed by atoms with Crippen LogP contribution in [0.5, 0.6) is 0 Å². The molecule has 98 valence electrons. The van der Waals surface area contributed by atoms with Crippen LogP contribution in [0.25, 0.3) is 0 Å². The summed E-state index contributed by atoms with van der Waals surface area (Å²) in [6.07, 6.45) is 0. The van der Waals surface area contributed by atoms with E-state index in [1.807, 2.05) is 0 Å². The standard InChI is InChI=1S/C14H13FN2O2/c1-19-14(18)9-4-2-5-10(8-9)17-13-11(15)6-3-7-12(13)16/h2-8,17H,16H2,1H3. The van der Waals surface area contributed by atoms with Crippen molar-refractivity contribution in [3.63, 3.8) is 0 Å². The van der Waals surface area contributed by atoms with Crippen LogP contribution in [0.1, 0.15) is 10.4 Å². The molecule has 0 aliphatic carbocycles. The summed E-state index contributed by atoms with van der Waals surface area (Å²) in [7, 11) is 1.30. The molecule has 2 aromatic rings. The Morgan fingerprint density at radius 3 is 2.68 bits per heavy atom. The van der Waals surface area contributed by atoms with E-state index in [1.165, 1.54) is 19.2 Å². The lowest BCUT2D eigenvalue weighted by Gasteiger charge is -2.11. The maximum Gasteiger partial charge on any atom is 0.337 e. The zero-order valence-electron chi connectivity index (χ0n) is 10.3. The summed E-state index contributed by atoms with van der Waals surface area (Å²) in [6.45, 7) is 0. The van der Waals surface area contributed by atoms with E-state index >= 15 is 0 Å². The molecule has 0 fully saturated rings. The van der Waals surface area contributed by atoms with E-state index in [0.29, 0.717) is 16.9 Å². The number of para-hydroxylation sites is 1. The van der Waals surface area contributed by atoms with Crippen molar-refractivity contribution in [2.45, 2.75) is 0 Å². The lowest BCUT2D eigenvalue weighted by Crippen LogP contribution is -2.03. The van der Waals surface area contributed by atoms with Crippen molar-refractivity contribution in [3.05, 3.63) is 53.8 Å². The minimum absolute atomic E-state index is 0.185. The van der Waals surface area contributed by atoms with Crippen molar-refractivity contribution < 1.29 is 13.9 Å². The highest BCUT2D eigenvalue weighted by Crippen LogP contribution is 2.26. The van der Waals surface area contributed by atoms with Gasteiger partial charge in [-0.1, -0.05) is 12.1 Å². The fourth-order valence-corrected chi connectivity index (χ4v) is 1.66. The number of carbonyl (C=O) groups excluding carboxylic acids is 1. The van der Waals surface area contributed by atoms with Crippen LogP contribution < -0.4 is 11.1 Å². The van der Waals surface area contributed by atoms with Crippen LogP contribution >= 0.6 is 0 Å². The Morgan fingerprint density at radius 1 is 1.26 bits per heavy atom. The van der Waals surface area contributed by atoms with E-state index < -0.39 is 11.8 Å². The number of methoxy groups -OCH3 is 1. The third-order valence-corrected chi connectivity index (χ3v) is 2.60. The SMILES string of the molecule is COC(=O)c1cccc(Nc2c(N)cccc2F)c1. The second-order valence-electron chi connectivity index (χ2n) is 3.90. The molecule has 0 bridgehead atoms. The Bertz CT molecular complexity index is 594. The van der Waals surface area contributed by atoms with Gasteiger partial charge in [-0.05, 0) is 30.3 Å². The van der Waals surface area contributed by atoms with Gasteiger partial charge in [-0.3, -0.25) is 0 Å². The van der Waals surface area contributed by atoms with Crippen LogP contribution in [0.2, 0.25) is 0 Å². The predicted molar refractivity (Wildman–Crippen MR) is 71.9 cm³/mol. The third kappa shape index (κ3) is 2.82. The first-order chi connectivity index (χ1) is 9.11. The summed E-state index contributed by atoms with van der Waals surface area (Å²) in [4.78, 5) is 11.4. The van der Waals surface area contributed by atoms with Crippen molar-refractivity contribution in [3.8, 4) is 0 Å². The summed E-state index contributed by atoms with van der Waals surface area (Å²) >= 11 is 0. The van der Waals surface area contributed by atoms with Crippen molar-refractivity contribution in [2.24, 2.45) is 0 Å². The lowest BCUT2D eigenvalue weighted by molar-refractivity contribution is 0.0601. The van der Waals surface area contributed by atoms with Crippen molar-refractivity contribution in [1.82, 2.24) is 0 Å². The number of hydrogen-bond acceptors (Lipinski definition) is 4. The lowest BCUT2D eigenvalue weighted by atomic mass is 10.2. The molecule has 19 heavy (non-hydrogen) atoms. The van der Waals surface area contributed by atoms with Crippen LogP contribution in [0.4, 0.5) is 21.5 Å². The number of ether oxygens (including phenoxy) is 1. The van der Waals surface area contributed by atoms with E-state index in [4.69, 9.17) is 5.73 Å². The number of halogens is 1. The van der Waals surface area contributed by atoms with Gasteiger partial charge in [0, 0.05) is 5.69 Å². The number of nitrogen functional groups attached to an aromatic ring is 1. The molecule has 0 heterocycles.